The van der Waals surface area contributed by atoms with Crippen LogP contribution in [0, 0.1) is 0 Å². The van der Waals surface area contributed by atoms with Gasteiger partial charge in [-0.1, -0.05) is 60.7 Å². The van der Waals surface area contributed by atoms with Crippen LogP contribution in [-0.2, 0) is 11.8 Å². The molecule has 7 heteroatoms. The molecule has 1 aromatic heterocycles. The van der Waals surface area contributed by atoms with Crippen molar-refractivity contribution in [2.75, 3.05) is 20.7 Å². The first-order chi connectivity index (χ1) is 14.0. The minimum atomic E-state index is -0.332. The fourth-order valence-corrected chi connectivity index (χ4v) is 3.12. The molecule has 3 aromatic rings. The molecule has 0 fully saturated rings. The Morgan fingerprint density at radius 1 is 1.07 bits per heavy atom. The molecule has 0 aliphatic rings. The summed E-state index contributed by atoms with van der Waals surface area (Å²) in [5, 5.41) is 7.12. The predicted molar refractivity (Wildman–Crippen MR) is 110 cm³/mol. The van der Waals surface area contributed by atoms with Crippen molar-refractivity contribution in [2.24, 2.45) is 7.05 Å². The van der Waals surface area contributed by atoms with E-state index in [0.29, 0.717) is 5.56 Å². The zero-order chi connectivity index (χ0) is 20.8. The maximum absolute atomic E-state index is 12.7. The number of hydrogen-bond acceptors (Lipinski definition) is 4. The number of benzene rings is 2. The fourth-order valence-electron chi connectivity index (χ4n) is 3.12. The highest BCUT2D eigenvalue weighted by atomic mass is 16.5. The summed E-state index contributed by atoms with van der Waals surface area (Å²) in [4.78, 5) is 26.8. The molecule has 0 saturated heterocycles. The van der Waals surface area contributed by atoms with Crippen LogP contribution >= 0.6 is 0 Å². The summed E-state index contributed by atoms with van der Waals surface area (Å²) in [6.45, 7) is -0.0902. The van der Waals surface area contributed by atoms with Gasteiger partial charge in [-0.15, -0.1) is 5.10 Å². The number of carbonyl (C=O) groups is 2. The molecular weight excluding hydrogens is 368 g/mol. The lowest BCUT2D eigenvalue weighted by Gasteiger charge is -2.22. The van der Waals surface area contributed by atoms with Gasteiger partial charge in [0.1, 0.15) is 5.56 Å². The van der Waals surface area contributed by atoms with Gasteiger partial charge in [0.25, 0.3) is 5.91 Å². The molecule has 1 N–H and O–H groups in total. The number of ether oxygens (including phenoxy) is 1. The van der Waals surface area contributed by atoms with E-state index >= 15 is 0 Å². The fraction of sp³-hybridized carbons (Fsp3) is 0.227. The molecule has 0 spiro atoms. The Morgan fingerprint density at radius 3 is 2.14 bits per heavy atom. The van der Waals surface area contributed by atoms with Gasteiger partial charge in [0, 0.05) is 20.3 Å². The number of carbonyl (C=O) groups excluding carboxylic acids is 2. The van der Waals surface area contributed by atoms with Crippen molar-refractivity contribution in [1.29, 1.82) is 0 Å². The summed E-state index contributed by atoms with van der Waals surface area (Å²) in [6, 6.07) is 19.2. The predicted octanol–water partition coefficient (Wildman–Crippen LogP) is 2.41. The maximum Gasteiger partial charge on any atom is 0.261 e. The topological polar surface area (TPSA) is 76.5 Å². The Bertz CT molecular complexity index is 931. The second-order valence-electron chi connectivity index (χ2n) is 6.71. The van der Waals surface area contributed by atoms with Gasteiger partial charge in [-0.3, -0.25) is 14.3 Å². The van der Waals surface area contributed by atoms with E-state index in [-0.39, 0.29) is 30.3 Å². The van der Waals surface area contributed by atoms with Gasteiger partial charge in [0.05, 0.1) is 19.7 Å². The number of rotatable bonds is 7. The van der Waals surface area contributed by atoms with E-state index in [4.69, 9.17) is 4.74 Å². The Hall–Kier alpha value is -3.61. The first-order valence-corrected chi connectivity index (χ1v) is 9.22. The van der Waals surface area contributed by atoms with Crippen LogP contribution in [0.15, 0.2) is 66.9 Å². The Labute approximate surface area is 169 Å². The highest BCUT2D eigenvalue weighted by Crippen LogP contribution is 2.22. The SMILES string of the molecule is COc1nn(C)cc1C(=O)N(C)CC(=O)NC(c1ccccc1)c1ccccc1. The molecule has 0 bridgehead atoms. The minimum Gasteiger partial charge on any atom is -0.479 e. The van der Waals surface area contributed by atoms with Crippen LogP contribution in [0.3, 0.4) is 0 Å². The molecule has 0 saturated carbocycles. The van der Waals surface area contributed by atoms with E-state index in [0.717, 1.165) is 11.1 Å². The van der Waals surface area contributed by atoms with Crippen molar-refractivity contribution in [3.05, 3.63) is 83.6 Å². The second kappa shape index (κ2) is 9.05. The van der Waals surface area contributed by atoms with Gasteiger partial charge in [-0.2, -0.15) is 0 Å². The van der Waals surface area contributed by atoms with Crippen molar-refractivity contribution in [3.8, 4) is 5.88 Å². The average Bonchev–Trinajstić information content (AvgIpc) is 3.13. The Balaban J connectivity index is 1.74. The number of nitrogens with one attached hydrogen (secondary N) is 1. The van der Waals surface area contributed by atoms with E-state index in [1.807, 2.05) is 60.7 Å². The molecule has 2 amide bonds. The number of aromatic nitrogens is 2. The lowest BCUT2D eigenvalue weighted by Crippen LogP contribution is -2.40. The third-order valence-electron chi connectivity index (χ3n) is 4.52. The van der Waals surface area contributed by atoms with Crippen LogP contribution in [0.4, 0.5) is 0 Å². The second-order valence-corrected chi connectivity index (χ2v) is 6.71. The summed E-state index contributed by atoms with van der Waals surface area (Å²) >= 11 is 0. The van der Waals surface area contributed by atoms with Crippen LogP contribution < -0.4 is 10.1 Å². The van der Waals surface area contributed by atoms with E-state index in [1.54, 1.807) is 20.3 Å². The Morgan fingerprint density at radius 2 is 1.62 bits per heavy atom. The molecule has 0 aliphatic heterocycles. The van der Waals surface area contributed by atoms with E-state index in [9.17, 15) is 9.59 Å². The van der Waals surface area contributed by atoms with Gasteiger partial charge in [0.15, 0.2) is 0 Å². The Kier molecular flexibility index (Phi) is 6.29. The summed E-state index contributed by atoms with van der Waals surface area (Å²) in [7, 11) is 4.74. The molecule has 0 aliphatic carbocycles. The number of aryl methyl sites for hydroxylation is 1. The van der Waals surface area contributed by atoms with Gasteiger partial charge < -0.3 is 15.0 Å². The maximum atomic E-state index is 12.7. The van der Waals surface area contributed by atoms with Crippen molar-refractivity contribution in [2.45, 2.75) is 6.04 Å². The van der Waals surface area contributed by atoms with Crippen molar-refractivity contribution in [3.63, 3.8) is 0 Å². The van der Waals surface area contributed by atoms with Crippen LogP contribution in [0.5, 0.6) is 5.88 Å². The van der Waals surface area contributed by atoms with Crippen LogP contribution in [0.25, 0.3) is 0 Å². The molecule has 2 aromatic carbocycles. The van der Waals surface area contributed by atoms with Crippen LogP contribution in [0.1, 0.15) is 27.5 Å². The summed E-state index contributed by atoms with van der Waals surface area (Å²) in [5.74, 6) is -0.362. The monoisotopic (exact) mass is 392 g/mol. The first kappa shape index (κ1) is 20.1. The van der Waals surface area contributed by atoms with E-state index < -0.39 is 0 Å². The van der Waals surface area contributed by atoms with Gasteiger partial charge in [-0.25, -0.2) is 0 Å². The molecule has 1 heterocycles. The molecule has 7 nitrogen and oxygen atoms in total. The third kappa shape index (κ3) is 4.82. The first-order valence-electron chi connectivity index (χ1n) is 9.22. The van der Waals surface area contributed by atoms with Gasteiger partial charge >= 0.3 is 0 Å². The average molecular weight is 392 g/mol. The number of hydrogen-bond donors (Lipinski definition) is 1. The van der Waals surface area contributed by atoms with Crippen molar-refractivity contribution in [1.82, 2.24) is 20.0 Å². The van der Waals surface area contributed by atoms with E-state index in [2.05, 4.69) is 10.4 Å². The quantitative estimate of drug-likeness (QED) is 0.670. The molecule has 3 rings (SSSR count). The molecule has 29 heavy (non-hydrogen) atoms. The molecule has 0 atom stereocenters. The largest absolute Gasteiger partial charge is 0.479 e. The number of nitrogens with zero attached hydrogens (tertiary/aromatic N) is 3. The van der Waals surface area contributed by atoms with Crippen LogP contribution in [0.2, 0.25) is 0 Å². The van der Waals surface area contributed by atoms with Gasteiger partial charge in [0.2, 0.25) is 11.8 Å². The lowest BCUT2D eigenvalue weighted by atomic mass is 9.99. The smallest absolute Gasteiger partial charge is 0.261 e. The highest BCUT2D eigenvalue weighted by Gasteiger charge is 2.23. The third-order valence-corrected chi connectivity index (χ3v) is 4.52. The number of methoxy groups -OCH3 is 1. The van der Waals surface area contributed by atoms with Crippen molar-refractivity contribution >= 4 is 11.8 Å². The molecule has 0 radical (unpaired) electrons. The normalized spacial score (nSPS) is 10.6. The molecular formula is C22H24N4O3. The zero-order valence-corrected chi connectivity index (χ0v) is 16.7. The summed E-state index contributed by atoms with van der Waals surface area (Å²) < 4.78 is 6.64. The molecule has 150 valence electrons. The molecule has 0 unspecified atom stereocenters. The standard InChI is InChI=1S/C22H24N4O3/c1-25(22(28)18-14-26(2)24-21(18)29-3)15-19(27)23-20(16-10-6-4-7-11-16)17-12-8-5-9-13-17/h4-14,20H,15H2,1-3H3,(H,23,27). The van der Waals surface area contributed by atoms with E-state index in [1.165, 1.54) is 16.7 Å². The van der Waals surface area contributed by atoms with Crippen molar-refractivity contribution < 1.29 is 14.3 Å². The van der Waals surface area contributed by atoms with Gasteiger partial charge in [-0.05, 0) is 11.1 Å². The summed E-state index contributed by atoms with van der Waals surface area (Å²) in [5.41, 5.74) is 2.25. The van der Waals surface area contributed by atoms with Crippen LogP contribution in [-0.4, -0.2) is 47.2 Å². The minimum absolute atomic E-state index is 0.0902. The summed E-state index contributed by atoms with van der Waals surface area (Å²) in [6.07, 6.45) is 1.58. The highest BCUT2D eigenvalue weighted by molar-refractivity contribution is 5.98. The zero-order valence-electron chi connectivity index (χ0n) is 16.7. The lowest BCUT2D eigenvalue weighted by molar-refractivity contribution is -0.122. The number of amides is 2. The number of likely N-dealkylation sites (N-methyl/N-ethyl adjacent to an activating group) is 1.